The minimum Gasteiger partial charge on any atom is -0.387 e. The van der Waals surface area contributed by atoms with Crippen LogP contribution in [0.3, 0.4) is 0 Å². The van der Waals surface area contributed by atoms with E-state index in [0.29, 0.717) is 32.5 Å². The number of hydrogen-bond donors (Lipinski definition) is 1. The van der Waals surface area contributed by atoms with E-state index in [-0.39, 0.29) is 17.4 Å². The van der Waals surface area contributed by atoms with Crippen molar-refractivity contribution in [2.45, 2.75) is 18.4 Å². The van der Waals surface area contributed by atoms with Crippen LogP contribution in [0.2, 0.25) is 0 Å². The van der Waals surface area contributed by atoms with Gasteiger partial charge in [0, 0.05) is 13.1 Å². The second-order valence-corrected chi connectivity index (χ2v) is 8.30. The molecule has 0 bridgehead atoms. The number of nitrogens with zero attached hydrogens (tertiary/aromatic N) is 2. The monoisotopic (exact) mass is 290 g/mol. The number of likely N-dealkylation sites (tertiary alicyclic amines) is 1. The van der Waals surface area contributed by atoms with Crippen molar-refractivity contribution >= 4 is 15.7 Å². The first kappa shape index (κ1) is 14.7. The highest BCUT2D eigenvalue weighted by atomic mass is 32.2. The molecule has 19 heavy (non-hydrogen) atoms. The molecule has 2 atom stereocenters. The summed E-state index contributed by atoms with van der Waals surface area (Å²) in [6.45, 7) is 1.33. The molecule has 6 nitrogen and oxygen atoms in total. The number of carbonyl (C=O) groups is 1. The van der Waals surface area contributed by atoms with E-state index in [9.17, 15) is 18.3 Å². The Kier molecular flexibility index (Phi) is 3.90. The molecule has 0 spiro atoms. The van der Waals surface area contributed by atoms with Crippen molar-refractivity contribution in [3.05, 3.63) is 0 Å². The van der Waals surface area contributed by atoms with Gasteiger partial charge in [-0.3, -0.25) is 4.79 Å². The summed E-state index contributed by atoms with van der Waals surface area (Å²) in [6, 6.07) is 0. The quantitative estimate of drug-likeness (QED) is 0.717. The van der Waals surface area contributed by atoms with E-state index in [4.69, 9.17) is 0 Å². The van der Waals surface area contributed by atoms with Gasteiger partial charge in [0.25, 0.3) is 0 Å². The van der Waals surface area contributed by atoms with Crippen molar-refractivity contribution in [2.75, 3.05) is 45.2 Å². The van der Waals surface area contributed by atoms with Gasteiger partial charge in [0.1, 0.15) is 0 Å². The zero-order valence-corrected chi connectivity index (χ0v) is 12.3. The Morgan fingerprint density at radius 2 is 2.16 bits per heavy atom. The van der Waals surface area contributed by atoms with Gasteiger partial charge in [-0.25, -0.2) is 8.42 Å². The van der Waals surface area contributed by atoms with Crippen molar-refractivity contribution in [3.63, 3.8) is 0 Å². The average molecular weight is 290 g/mol. The summed E-state index contributed by atoms with van der Waals surface area (Å²) in [6.07, 6.45) is 0.972. The molecule has 0 aromatic carbocycles. The number of amides is 1. The predicted octanol–water partition coefficient (Wildman–Crippen LogP) is -1.05. The summed E-state index contributed by atoms with van der Waals surface area (Å²) in [5, 5.41) is 10.4. The van der Waals surface area contributed by atoms with E-state index >= 15 is 0 Å². The first-order valence-corrected chi connectivity index (χ1v) is 8.39. The van der Waals surface area contributed by atoms with Crippen LogP contribution in [0.4, 0.5) is 0 Å². The highest BCUT2D eigenvalue weighted by Gasteiger charge is 2.42. The molecule has 0 radical (unpaired) electrons. The molecule has 2 fully saturated rings. The summed E-state index contributed by atoms with van der Waals surface area (Å²) >= 11 is 0. The number of likely N-dealkylation sites (N-methyl/N-ethyl adjacent to an activating group) is 1. The molecule has 0 unspecified atom stereocenters. The lowest BCUT2D eigenvalue weighted by molar-refractivity contribution is -0.134. The fourth-order valence-corrected chi connectivity index (χ4v) is 4.74. The van der Waals surface area contributed by atoms with E-state index in [1.165, 1.54) is 0 Å². The highest BCUT2D eigenvalue weighted by molar-refractivity contribution is 7.91. The Balaban J connectivity index is 1.96. The fraction of sp³-hybridized carbons (Fsp3) is 0.917. The van der Waals surface area contributed by atoms with Crippen molar-refractivity contribution < 1.29 is 18.3 Å². The first-order valence-electron chi connectivity index (χ1n) is 6.57. The fourth-order valence-electron chi connectivity index (χ4n) is 3.01. The van der Waals surface area contributed by atoms with Gasteiger partial charge in [0.05, 0.1) is 29.6 Å². The van der Waals surface area contributed by atoms with Crippen molar-refractivity contribution in [2.24, 2.45) is 5.92 Å². The van der Waals surface area contributed by atoms with Crippen molar-refractivity contribution in [1.29, 1.82) is 0 Å². The summed E-state index contributed by atoms with van der Waals surface area (Å²) < 4.78 is 22.8. The second-order valence-electron chi connectivity index (χ2n) is 6.07. The van der Waals surface area contributed by atoms with Gasteiger partial charge in [0.15, 0.2) is 9.84 Å². The van der Waals surface area contributed by atoms with Gasteiger partial charge in [0.2, 0.25) is 5.91 Å². The van der Waals surface area contributed by atoms with Crippen LogP contribution >= 0.6 is 0 Å². The molecular formula is C12H22N2O4S. The van der Waals surface area contributed by atoms with Crippen LogP contribution in [0.1, 0.15) is 12.8 Å². The lowest BCUT2D eigenvalue weighted by Gasteiger charge is -2.27. The molecule has 2 aliphatic heterocycles. The third kappa shape index (κ3) is 3.46. The van der Waals surface area contributed by atoms with E-state index in [2.05, 4.69) is 0 Å². The highest BCUT2D eigenvalue weighted by Crippen LogP contribution is 2.27. The maximum atomic E-state index is 12.2. The smallest absolute Gasteiger partial charge is 0.226 e. The Hall–Kier alpha value is -0.660. The number of carbonyl (C=O) groups excluding carboxylic acids is 1. The third-order valence-electron chi connectivity index (χ3n) is 3.84. The van der Waals surface area contributed by atoms with Crippen LogP contribution < -0.4 is 0 Å². The van der Waals surface area contributed by atoms with Crippen molar-refractivity contribution in [1.82, 2.24) is 9.80 Å². The van der Waals surface area contributed by atoms with E-state index in [1.54, 1.807) is 4.90 Å². The maximum Gasteiger partial charge on any atom is 0.226 e. The van der Waals surface area contributed by atoms with Crippen LogP contribution in [0.15, 0.2) is 0 Å². The normalized spacial score (nSPS) is 34.1. The van der Waals surface area contributed by atoms with Gasteiger partial charge in [-0.05, 0) is 26.9 Å². The van der Waals surface area contributed by atoms with Crippen LogP contribution in [0.5, 0.6) is 0 Å². The maximum absolute atomic E-state index is 12.2. The minimum absolute atomic E-state index is 0.0333. The molecule has 0 aromatic heterocycles. The van der Waals surface area contributed by atoms with E-state index in [0.717, 1.165) is 0 Å². The molecule has 110 valence electrons. The molecule has 1 N–H and O–H groups in total. The van der Waals surface area contributed by atoms with Gasteiger partial charge >= 0.3 is 0 Å². The summed E-state index contributed by atoms with van der Waals surface area (Å²) in [4.78, 5) is 15.8. The SMILES string of the molecule is CN(C)C[C@]1(O)CCN(C(=O)[C@@H]2CCS(=O)(=O)C2)C1. The number of rotatable bonds is 3. The molecular weight excluding hydrogens is 268 g/mol. The van der Waals surface area contributed by atoms with Gasteiger partial charge in [-0.1, -0.05) is 0 Å². The van der Waals surface area contributed by atoms with Gasteiger partial charge < -0.3 is 14.9 Å². The predicted molar refractivity (Wildman–Crippen MR) is 71.5 cm³/mol. The molecule has 2 saturated heterocycles. The number of β-amino-alcohol motifs (C(OH)–C–C–N with tert-alkyl or cyclic N) is 1. The summed E-state index contributed by atoms with van der Waals surface area (Å²) in [7, 11) is 0.726. The Morgan fingerprint density at radius 3 is 2.68 bits per heavy atom. The molecule has 2 heterocycles. The molecule has 2 rings (SSSR count). The average Bonchev–Trinajstić information content (AvgIpc) is 2.80. The van der Waals surface area contributed by atoms with E-state index < -0.39 is 21.4 Å². The molecule has 0 aliphatic carbocycles. The lowest BCUT2D eigenvalue weighted by atomic mass is 10.0. The van der Waals surface area contributed by atoms with Crippen LogP contribution in [0, 0.1) is 5.92 Å². The van der Waals surface area contributed by atoms with Gasteiger partial charge in [-0.2, -0.15) is 0 Å². The van der Waals surface area contributed by atoms with Crippen LogP contribution in [-0.4, -0.2) is 80.1 Å². The number of sulfone groups is 1. The largest absolute Gasteiger partial charge is 0.387 e. The zero-order valence-electron chi connectivity index (χ0n) is 11.5. The minimum atomic E-state index is -3.04. The molecule has 7 heteroatoms. The Labute approximate surface area is 114 Å². The summed E-state index contributed by atoms with van der Waals surface area (Å²) in [5.74, 6) is -0.448. The number of hydrogen-bond acceptors (Lipinski definition) is 5. The summed E-state index contributed by atoms with van der Waals surface area (Å²) in [5.41, 5.74) is -0.864. The molecule has 0 saturated carbocycles. The van der Waals surface area contributed by atoms with Crippen LogP contribution in [-0.2, 0) is 14.6 Å². The topological polar surface area (TPSA) is 77.9 Å². The third-order valence-corrected chi connectivity index (χ3v) is 5.60. The molecule has 1 amide bonds. The second kappa shape index (κ2) is 5.03. The molecule has 2 aliphatic rings. The van der Waals surface area contributed by atoms with Crippen molar-refractivity contribution in [3.8, 4) is 0 Å². The Morgan fingerprint density at radius 1 is 1.47 bits per heavy atom. The first-order chi connectivity index (χ1) is 8.71. The Bertz CT molecular complexity index is 462. The van der Waals surface area contributed by atoms with Gasteiger partial charge in [-0.15, -0.1) is 0 Å². The number of aliphatic hydroxyl groups is 1. The van der Waals surface area contributed by atoms with Crippen LogP contribution in [0.25, 0.3) is 0 Å². The zero-order chi connectivity index (χ0) is 14.3. The standard InChI is InChI=1S/C12H22N2O4S/c1-13(2)8-12(16)4-5-14(9-12)11(15)10-3-6-19(17,18)7-10/h10,16H,3-9H2,1-2H3/t10-,12-/m1/s1. The van der Waals surface area contributed by atoms with E-state index in [1.807, 2.05) is 19.0 Å². The lowest BCUT2D eigenvalue weighted by Crippen LogP contribution is -2.44. The molecule has 0 aromatic rings.